The molecular formula is C23H24N6O2. The van der Waals surface area contributed by atoms with Crippen LogP contribution in [0.25, 0.3) is 11.4 Å². The van der Waals surface area contributed by atoms with Crippen molar-refractivity contribution in [2.75, 3.05) is 13.1 Å². The number of aromatic amines is 1. The average Bonchev–Trinajstić information content (AvgIpc) is 3.12. The second-order valence-electron chi connectivity index (χ2n) is 8.51. The summed E-state index contributed by atoms with van der Waals surface area (Å²) in [5.74, 6) is 0.491. The number of hydrogen-bond acceptors (Lipinski definition) is 6. The number of hydrogen-bond donors (Lipinski definition) is 1. The smallest absolute Gasteiger partial charge is 0.257 e. The maximum Gasteiger partial charge on any atom is 0.257 e. The van der Waals surface area contributed by atoms with Gasteiger partial charge in [-0.1, -0.05) is 0 Å². The number of aromatic nitrogens is 5. The molecular weight excluding hydrogens is 392 g/mol. The van der Waals surface area contributed by atoms with Crippen LogP contribution in [0.3, 0.4) is 0 Å². The highest BCUT2D eigenvalue weighted by Gasteiger charge is 2.46. The van der Waals surface area contributed by atoms with Gasteiger partial charge in [-0.2, -0.15) is 0 Å². The van der Waals surface area contributed by atoms with Crippen molar-refractivity contribution in [3.8, 4) is 11.4 Å². The number of nitrogens with one attached hydrogen (secondary N) is 1. The number of carbonyl (C=O) groups excluding carboxylic acids is 1. The maximum absolute atomic E-state index is 13.4. The Morgan fingerprint density at radius 3 is 2.74 bits per heavy atom. The Morgan fingerprint density at radius 2 is 2.00 bits per heavy atom. The lowest BCUT2D eigenvalue weighted by Crippen LogP contribution is -2.48. The van der Waals surface area contributed by atoms with Gasteiger partial charge in [0.15, 0.2) is 0 Å². The Morgan fingerprint density at radius 1 is 1.19 bits per heavy atom. The van der Waals surface area contributed by atoms with E-state index in [-0.39, 0.29) is 16.9 Å². The molecule has 0 radical (unpaired) electrons. The van der Waals surface area contributed by atoms with Gasteiger partial charge in [-0.3, -0.25) is 14.6 Å². The van der Waals surface area contributed by atoms with E-state index in [1.165, 1.54) is 6.33 Å². The zero-order valence-corrected chi connectivity index (χ0v) is 17.7. The third kappa shape index (κ3) is 3.22. The van der Waals surface area contributed by atoms with Gasteiger partial charge in [0.05, 0.1) is 22.6 Å². The third-order valence-corrected chi connectivity index (χ3v) is 6.61. The zero-order valence-electron chi connectivity index (χ0n) is 17.7. The van der Waals surface area contributed by atoms with Crippen molar-refractivity contribution >= 4 is 5.91 Å². The normalized spacial score (nSPS) is 20.1. The molecule has 3 aromatic rings. The molecule has 1 saturated heterocycles. The summed E-state index contributed by atoms with van der Waals surface area (Å²) >= 11 is 0. The molecule has 0 aromatic carbocycles. The summed E-state index contributed by atoms with van der Waals surface area (Å²) in [6.45, 7) is 4.92. The van der Waals surface area contributed by atoms with Crippen molar-refractivity contribution in [1.29, 1.82) is 0 Å². The van der Waals surface area contributed by atoms with Crippen molar-refractivity contribution in [3.63, 3.8) is 0 Å². The zero-order chi connectivity index (χ0) is 21.6. The lowest BCUT2D eigenvalue weighted by molar-refractivity contribution is 0.0631. The van der Waals surface area contributed by atoms with Crippen molar-refractivity contribution in [2.45, 2.75) is 44.9 Å². The van der Waals surface area contributed by atoms with Crippen LogP contribution in [0, 0.1) is 13.8 Å². The van der Waals surface area contributed by atoms with Gasteiger partial charge >= 0.3 is 0 Å². The van der Waals surface area contributed by atoms with Crippen LogP contribution in [0.1, 0.15) is 52.3 Å². The minimum atomic E-state index is -0.300. The predicted octanol–water partition coefficient (Wildman–Crippen LogP) is 2.36. The molecule has 0 bridgehead atoms. The summed E-state index contributed by atoms with van der Waals surface area (Å²) in [6.07, 6.45) is 8.16. The van der Waals surface area contributed by atoms with Gasteiger partial charge in [0.25, 0.3) is 11.5 Å². The van der Waals surface area contributed by atoms with Crippen LogP contribution in [0.4, 0.5) is 0 Å². The Labute approximate surface area is 179 Å². The van der Waals surface area contributed by atoms with E-state index in [9.17, 15) is 9.59 Å². The monoisotopic (exact) mass is 416 g/mol. The summed E-state index contributed by atoms with van der Waals surface area (Å²) in [4.78, 5) is 48.5. The Kier molecular flexibility index (Phi) is 4.64. The number of piperidine rings is 1. The molecule has 1 N–H and O–H groups in total. The number of nitrogens with zero attached hydrogens (tertiary/aromatic N) is 5. The summed E-state index contributed by atoms with van der Waals surface area (Å²) < 4.78 is 0. The molecule has 2 aliphatic rings. The first-order chi connectivity index (χ1) is 15.0. The van der Waals surface area contributed by atoms with Gasteiger partial charge in [-0.15, -0.1) is 0 Å². The third-order valence-electron chi connectivity index (χ3n) is 6.61. The van der Waals surface area contributed by atoms with Crippen LogP contribution >= 0.6 is 0 Å². The average molecular weight is 416 g/mol. The predicted molar refractivity (Wildman–Crippen MR) is 115 cm³/mol. The molecule has 1 fully saturated rings. The number of rotatable bonds is 2. The topological polar surface area (TPSA) is 105 Å². The molecule has 1 atom stereocenters. The number of aryl methyl sites for hydroxylation is 2. The Hall–Kier alpha value is -3.42. The van der Waals surface area contributed by atoms with Gasteiger partial charge in [0, 0.05) is 42.0 Å². The van der Waals surface area contributed by atoms with Gasteiger partial charge < -0.3 is 9.88 Å². The van der Waals surface area contributed by atoms with E-state index in [4.69, 9.17) is 4.98 Å². The van der Waals surface area contributed by atoms with E-state index in [2.05, 4.69) is 19.9 Å². The highest BCUT2D eigenvalue weighted by molar-refractivity contribution is 5.96. The highest BCUT2D eigenvalue weighted by atomic mass is 16.2. The first-order valence-electron chi connectivity index (χ1n) is 10.6. The standard InChI is InChI=1S/C23H24N6O2/c1-14-18(15(2)26-13-25-14)22(31)29-10-4-7-23(12-29)8-6-17-19(23)27-20(28-21(17)30)16-5-3-9-24-11-16/h3,5,9,11,13H,4,6-8,10,12H2,1-2H3,(H,27,28,30). The highest BCUT2D eigenvalue weighted by Crippen LogP contribution is 2.43. The van der Waals surface area contributed by atoms with Crippen molar-refractivity contribution < 1.29 is 4.79 Å². The fourth-order valence-electron chi connectivity index (χ4n) is 5.05. The number of likely N-dealkylation sites (tertiary alicyclic amines) is 1. The molecule has 1 amide bonds. The number of H-pyrrole nitrogens is 1. The largest absolute Gasteiger partial charge is 0.338 e. The lowest BCUT2D eigenvalue weighted by atomic mass is 9.77. The molecule has 158 valence electrons. The van der Waals surface area contributed by atoms with Crippen LogP contribution in [0.2, 0.25) is 0 Å². The Bertz CT molecular complexity index is 1200. The minimum absolute atomic E-state index is 0.0413. The molecule has 4 heterocycles. The van der Waals surface area contributed by atoms with Gasteiger partial charge in [-0.05, 0) is 51.7 Å². The molecule has 8 nitrogen and oxygen atoms in total. The fraction of sp³-hybridized carbons (Fsp3) is 0.391. The summed E-state index contributed by atoms with van der Waals surface area (Å²) in [5.41, 5.74) is 3.93. The molecule has 31 heavy (non-hydrogen) atoms. The van der Waals surface area contributed by atoms with Crippen molar-refractivity contribution in [1.82, 2.24) is 29.8 Å². The van der Waals surface area contributed by atoms with Crippen LogP contribution in [-0.4, -0.2) is 48.8 Å². The quantitative estimate of drug-likeness (QED) is 0.688. The van der Waals surface area contributed by atoms with E-state index in [0.717, 1.165) is 36.1 Å². The van der Waals surface area contributed by atoms with E-state index in [1.54, 1.807) is 12.4 Å². The number of fused-ring (bicyclic) bond motifs is 2. The summed E-state index contributed by atoms with van der Waals surface area (Å²) in [7, 11) is 0. The van der Waals surface area contributed by atoms with Crippen LogP contribution in [0.5, 0.6) is 0 Å². The number of carbonyl (C=O) groups is 1. The van der Waals surface area contributed by atoms with Gasteiger partial charge in [-0.25, -0.2) is 15.0 Å². The lowest BCUT2D eigenvalue weighted by Gasteiger charge is -2.40. The molecule has 1 spiro atoms. The molecule has 1 aliphatic carbocycles. The Balaban J connectivity index is 1.53. The SMILES string of the molecule is Cc1ncnc(C)c1C(=O)N1CCCC2(CCc3c2nc(-c2cccnc2)[nH]c3=O)C1. The second-order valence-corrected chi connectivity index (χ2v) is 8.51. The van der Waals surface area contributed by atoms with Gasteiger partial charge in [0.2, 0.25) is 0 Å². The van der Waals surface area contributed by atoms with E-state index < -0.39 is 0 Å². The van der Waals surface area contributed by atoms with E-state index in [1.807, 2.05) is 30.9 Å². The summed E-state index contributed by atoms with van der Waals surface area (Å²) in [6, 6.07) is 3.71. The second kappa shape index (κ2) is 7.37. The maximum atomic E-state index is 13.4. The fourth-order valence-corrected chi connectivity index (χ4v) is 5.05. The van der Waals surface area contributed by atoms with E-state index >= 15 is 0 Å². The van der Waals surface area contributed by atoms with Crippen LogP contribution in [-0.2, 0) is 11.8 Å². The molecule has 8 heteroatoms. The van der Waals surface area contributed by atoms with Crippen molar-refractivity contribution in [2.24, 2.45) is 0 Å². The van der Waals surface area contributed by atoms with Crippen molar-refractivity contribution in [3.05, 3.63) is 69.4 Å². The molecule has 1 unspecified atom stereocenters. The number of amides is 1. The number of pyridine rings is 1. The molecule has 3 aromatic heterocycles. The first kappa shape index (κ1) is 19.5. The summed E-state index contributed by atoms with van der Waals surface area (Å²) in [5, 5.41) is 0. The van der Waals surface area contributed by atoms with Gasteiger partial charge in [0.1, 0.15) is 12.2 Å². The van der Waals surface area contributed by atoms with Crippen LogP contribution in [0.15, 0.2) is 35.6 Å². The van der Waals surface area contributed by atoms with Crippen LogP contribution < -0.4 is 5.56 Å². The molecule has 0 saturated carbocycles. The molecule has 5 rings (SSSR count). The minimum Gasteiger partial charge on any atom is -0.338 e. The van der Waals surface area contributed by atoms with E-state index in [0.29, 0.717) is 42.3 Å². The first-order valence-corrected chi connectivity index (χ1v) is 10.6. The molecule has 1 aliphatic heterocycles.